The van der Waals surface area contributed by atoms with Gasteiger partial charge in [0.2, 0.25) is 0 Å². The second-order valence-corrected chi connectivity index (χ2v) is 3.05. The van der Waals surface area contributed by atoms with Gasteiger partial charge in [0.25, 0.3) is 0 Å². The van der Waals surface area contributed by atoms with Gasteiger partial charge >= 0.3 is 0 Å². The van der Waals surface area contributed by atoms with Crippen molar-refractivity contribution in [3.63, 3.8) is 0 Å². The van der Waals surface area contributed by atoms with Crippen molar-refractivity contribution in [2.75, 3.05) is 0 Å². The number of hydrogen-bond acceptors (Lipinski definition) is 4. The molecular formula is C9H7N5. The molecule has 0 fully saturated rings. The number of fused-ring (bicyclic) bond motifs is 3. The van der Waals surface area contributed by atoms with E-state index in [4.69, 9.17) is 0 Å². The van der Waals surface area contributed by atoms with E-state index >= 15 is 0 Å². The van der Waals surface area contributed by atoms with Crippen LogP contribution in [0.4, 0.5) is 0 Å². The van der Waals surface area contributed by atoms with Crippen molar-refractivity contribution in [2.24, 2.45) is 0 Å². The molecule has 0 amide bonds. The number of rotatable bonds is 0. The molecule has 0 aliphatic carbocycles. The van der Waals surface area contributed by atoms with Gasteiger partial charge in [0, 0.05) is 18.6 Å². The van der Waals surface area contributed by atoms with E-state index in [0.717, 1.165) is 22.5 Å². The predicted octanol–water partition coefficient (Wildman–Crippen LogP) is 0.981. The molecule has 0 saturated heterocycles. The van der Waals surface area contributed by atoms with Gasteiger partial charge in [0.15, 0.2) is 5.65 Å². The highest BCUT2D eigenvalue weighted by atomic mass is 15.2. The summed E-state index contributed by atoms with van der Waals surface area (Å²) in [5.41, 5.74) is 2.39. The standard InChI is InChI=1S/C9H7N5/c1-6-12-13-9-8-7(2-5-14(6)9)10-3-4-11-8/h2-5H,1H3. The van der Waals surface area contributed by atoms with Crippen molar-refractivity contribution in [1.82, 2.24) is 24.6 Å². The molecule has 3 heterocycles. The first-order chi connectivity index (χ1) is 6.86. The van der Waals surface area contributed by atoms with Crippen LogP contribution in [0.15, 0.2) is 24.7 Å². The third-order valence-electron chi connectivity index (χ3n) is 2.19. The Morgan fingerprint density at radius 2 is 2.00 bits per heavy atom. The summed E-state index contributed by atoms with van der Waals surface area (Å²) in [5, 5.41) is 8.05. The van der Waals surface area contributed by atoms with Crippen molar-refractivity contribution in [1.29, 1.82) is 0 Å². The molecule has 0 saturated carbocycles. The molecule has 3 aromatic rings. The molecule has 0 spiro atoms. The fraction of sp³-hybridized carbons (Fsp3) is 0.111. The van der Waals surface area contributed by atoms with Gasteiger partial charge in [0.1, 0.15) is 11.3 Å². The molecule has 0 aliphatic heterocycles. The first-order valence-electron chi connectivity index (χ1n) is 4.27. The van der Waals surface area contributed by atoms with E-state index < -0.39 is 0 Å². The monoisotopic (exact) mass is 185 g/mol. The second-order valence-electron chi connectivity index (χ2n) is 3.05. The van der Waals surface area contributed by atoms with Crippen molar-refractivity contribution < 1.29 is 0 Å². The first-order valence-corrected chi connectivity index (χ1v) is 4.27. The summed E-state index contributed by atoms with van der Waals surface area (Å²) in [6.07, 6.45) is 5.23. The summed E-state index contributed by atoms with van der Waals surface area (Å²) in [4.78, 5) is 8.43. The van der Waals surface area contributed by atoms with E-state index in [9.17, 15) is 0 Å². The smallest absolute Gasteiger partial charge is 0.188 e. The molecule has 0 bridgehead atoms. The molecule has 5 heteroatoms. The second kappa shape index (κ2) is 2.47. The Balaban J connectivity index is 2.61. The van der Waals surface area contributed by atoms with E-state index in [0.29, 0.717) is 0 Å². The Bertz CT molecular complexity index is 613. The highest BCUT2D eigenvalue weighted by Gasteiger charge is 2.05. The SMILES string of the molecule is Cc1nnc2c3nccnc3ccn12. The molecule has 0 N–H and O–H groups in total. The lowest BCUT2D eigenvalue weighted by Crippen LogP contribution is -1.91. The predicted molar refractivity (Wildman–Crippen MR) is 50.8 cm³/mol. The third-order valence-corrected chi connectivity index (χ3v) is 2.19. The summed E-state index contributed by atoms with van der Waals surface area (Å²) in [6, 6.07) is 1.91. The van der Waals surface area contributed by atoms with E-state index in [-0.39, 0.29) is 0 Å². The maximum Gasteiger partial charge on any atom is 0.188 e. The van der Waals surface area contributed by atoms with Crippen LogP contribution in [0.5, 0.6) is 0 Å². The number of aryl methyl sites for hydroxylation is 1. The zero-order valence-corrected chi connectivity index (χ0v) is 7.55. The summed E-state index contributed by atoms with van der Waals surface area (Å²) >= 11 is 0. The van der Waals surface area contributed by atoms with Gasteiger partial charge in [-0.05, 0) is 13.0 Å². The van der Waals surface area contributed by atoms with Crippen LogP contribution in [0.1, 0.15) is 5.82 Å². The molecule has 0 atom stereocenters. The fourth-order valence-corrected chi connectivity index (χ4v) is 1.50. The molecule has 5 nitrogen and oxygen atoms in total. The van der Waals surface area contributed by atoms with Gasteiger partial charge in [-0.1, -0.05) is 0 Å². The van der Waals surface area contributed by atoms with E-state index in [1.807, 2.05) is 23.6 Å². The van der Waals surface area contributed by atoms with Gasteiger partial charge < -0.3 is 0 Å². The van der Waals surface area contributed by atoms with Crippen LogP contribution in [-0.2, 0) is 0 Å². The molecule has 0 unspecified atom stereocenters. The van der Waals surface area contributed by atoms with Crippen molar-refractivity contribution >= 4 is 16.7 Å². The lowest BCUT2D eigenvalue weighted by atomic mass is 10.3. The number of hydrogen-bond donors (Lipinski definition) is 0. The minimum absolute atomic E-state index is 0.758. The van der Waals surface area contributed by atoms with Gasteiger partial charge in [-0.25, -0.2) is 4.98 Å². The summed E-state index contributed by atoms with van der Waals surface area (Å²) < 4.78 is 1.90. The molecule has 3 aromatic heterocycles. The average molecular weight is 185 g/mol. The van der Waals surface area contributed by atoms with E-state index in [1.165, 1.54) is 0 Å². The van der Waals surface area contributed by atoms with Crippen LogP contribution in [0.25, 0.3) is 16.7 Å². The Morgan fingerprint density at radius 1 is 1.14 bits per heavy atom. The van der Waals surface area contributed by atoms with Crippen molar-refractivity contribution in [3.8, 4) is 0 Å². The largest absolute Gasteiger partial charge is 0.285 e. The summed E-state index contributed by atoms with van der Waals surface area (Å²) in [5.74, 6) is 0.854. The molecule has 0 aliphatic rings. The maximum absolute atomic E-state index is 4.24. The summed E-state index contributed by atoms with van der Waals surface area (Å²) in [6.45, 7) is 1.90. The molecule has 3 rings (SSSR count). The molecule has 0 aromatic carbocycles. The minimum Gasteiger partial charge on any atom is -0.285 e. The molecule has 68 valence electrons. The quantitative estimate of drug-likeness (QED) is 0.524. The molecule has 14 heavy (non-hydrogen) atoms. The van der Waals surface area contributed by atoms with Gasteiger partial charge in [-0.3, -0.25) is 9.38 Å². The number of pyridine rings is 1. The molecular weight excluding hydrogens is 178 g/mol. The zero-order chi connectivity index (χ0) is 9.54. The van der Waals surface area contributed by atoms with Crippen LogP contribution in [0.2, 0.25) is 0 Å². The topological polar surface area (TPSA) is 56.0 Å². The van der Waals surface area contributed by atoms with E-state index in [2.05, 4.69) is 20.2 Å². The highest BCUT2D eigenvalue weighted by Crippen LogP contribution is 2.13. The zero-order valence-electron chi connectivity index (χ0n) is 7.55. The summed E-state index contributed by atoms with van der Waals surface area (Å²) in [7, 11) is 0. The van der Waals surface area contributed by atoms with Gasteiger partial charge in [0.05, 0.1) is 5.52 Å². The average Bonchev–Trinajstić information content (AvgIpc) is 2.61. The Labute approximate surface area is 79.4 Å². The lowest BCUT2D eigenvalue weighted by Gasteiger charge is -1.97. The fourth-order valence-electron chi connectivity index (χ4n) is 1.50. The number of nitrogens with zero attached hydrogens (tertiary/aromatic N) is 5. The van der Waals surface area contributed by atoms with Crippen molar-refractivity contribution in [2.45, 2.75) is 6.92 Å². The number of aromatic nitrogens is 5. The first kappa shape index (κ1) is 7.37. The van der Waals surface area contributed by atoms with Crippen LogP contribution in [-0.4, -0.2) is 24.6 Å². The van der Waals surface area contributed by atoms with Crippen LogP contribution < -0.4 is 0 Å². The van der Waals surface area contributed by atoms with Crippen LogP contribution in [0.3, 0.4) is 0 Å². The van der Waals surface area contributed by atoms with Gasteiger partial charge in [-0.2, -0.15) is 0 Å². The van der Waals surface area contributed by atoms with E-state index in [1.54, 1.807) is 12.4 Å². The maximum atomic E-state index is 4.24. The van der Waals surface area contributed by atoms with Crippen LogP contribution >= 0.6 is 0 Å². The highest BCUT2D eigenvalue weighted by molar-refractivity contribution is 5.86. The Kier molecular flexibility index (Phi) is 1.30. The Morgan fingerprint density at radius 3 is 2.93 bits per heavy atom. The molecule has 0 radical (unpaired) electrons. The van der Waals surface area contributed by atoms with Gasteiger partial charge in [-0.15, -0.1) is 10.2 Å². The third kappa shape index (κ3) is 0.834. The lowest BCUT2D eigenvalue weighted by molar-refractivity contribution is 1.01. The minimum atomic E-state index is 0.758. The van der Waals surface area contributed by atoms with Crippen molar-refractivity contribution in [3.05, 3.63) is 30.5 Å². The normalized spacial score (nSPS) is 11.2. The Hall–Kier alpha value is -2.04. The van der Waals surface area contributed by atoms with Crippen LogP contribution in [0, 0.1) is 6.92 Å².